The molecule has 6 aromatic carbocycles. The predicted octanol–water partition coefficient (Wildman–Crippen LogP) is 10.9. The molecule has 1 heterocycles. The molecule has 0 spiro atoms. The first-order valence-corrected chi connectivity index (χ1v) is 14.6. The summed E-state index contributed by atoms with van der Waals surface area (Å²) in [6, 6.07) is 48.0. The minimum atomic E-state index is 0.779. The summed E-state index contributed by atoms with van der Waals surface area (Å²) in [5.74, 6) is 1.56. The molecule has 0 fully saturated rings. The van der Waals surface area contributed by atoms with E-state index in [9.17, 15) is 0 Å². The van der Waals surface area contributed by atoms with Crippen LogP contribution in [-0.4, -0.2) is 14.2 Å². The molecule has 1 aromatic heterocycles. The fraction of sp³-hybridized carbons (Fsp3) is 0.0769. The molecule has 0 aliphatic rings. The average Bonchev–Trinajstić information content (AvgIpc) is 3.45. The van der Waals surface area contributed by atoms with E-state index in [2.05, 4.69) is 114 Å². The van der Waals surface area contributed by atoms with Crippen molar-refractivity contribution in [2.24, 2.45) is 0 Å². The summed E-state index contributed by atoms with van der Waals surface area (Å²) in [5, 5.41) is 2.17. The maximum Gasteiger partial charge on any atom is 0.135 e. The number of ether oxygens (including phenoxy) is 2. The normalized spacial score (nSPS) is 11.1. The van der Waals surface area contributed by atoms with Gasteiger partial charge in [0.25, 0.3) is 0 Å². The van der Waals surface area contributed by atoms with Crippen molar-refractivity contribution in [3.8, 4) is 11.5 Å². The lowest BCUT2D eigenvalue weighted by atomic mass is 10.1. The van der Waals surface area contributed by atoms with Crippen molar-refractivity contribution in [3.05, 3.63) is 145 Å². The van der Waals surface area contributed by atoms with Crippen molar-refractivity contribution in [3.63, 3.8) is 0 Å². The summed E-state index contributed by atoms with van der Waals surface area (Å²) in [6.45, 7) is 2.12. The highest BCUT2D eigenvalue weighted by Gasteiger charge is 2.23. The van der Waals surface area contributed by atoms with Gasteiger partial charge in [0.2, 0.25) is 0 Å². The van der Waals surface area contributed by atoms with Crippen LogP contribution < -0.4 is 19.3 Å². The number of fused-ring (bicyclic) bond motifs is 3. The Balaban J connectivity index is 1.50. The molecule has 0 aliphatic heterocycles. The van der Waals surface area contributed by atoms with Crippen LogP contribution in [0.5, 0.6) is 11.5 Å². The third kappa shape index (κ3) is 4.99. The van der Waals surface area contributed by atoms with Crippen LogP contribution in [0.4, 0.5) is 34.1 Å². The highest BCUT2D eigenvalue weighted by Crippen LogP contribution is 2.47. The Morgan fingerprint density at radius 1 is 0.455 bits per heavy atom. The molecule has 0 radical (unpaired) electrons. The lowest BCUT2D eigenvalue weighted by Gasteiger charge is -2.33. The van der Waals surface area contributed by atoms with Gasteiger partial charge in [0.15, 0.2) is 0 Å². The molecule has 0 aliphatic carbocycles. The van der Waals surface area contributed by atoms with Gasteiger partial charge in [0.1, 0.15) is 22.7 Å². The van der Waals surface area contributed by atoms with E-state index in [1.165, 1.54) is 0 Å². The number of furan rings is 1. The second-order valence-corrected chi connectivity index (χ2v) is 10.7. The van der Waals surface area contributed by atoms with Gasteiger partial charge in [-0.15, -0.1) is 0 Å². The molecule has 0 bridgehead atoms. The number of hydrogen-bond acceptors (Lipinski definition) is 5. The quantitative estimate of drug-likeness (QED) is 0.180. The smallest absolute Gasteiger partial charge is 0.135 e. The molecule has 44 heavy (non-hydrogen) atoms. The summed E-state index contributed by atoms with van der Waals surface area (Å²) >= 11 is 0. The van der Waals surface area contributed by atoms with E-state index < -0.39 is 0 Å². The van der Waals surface area contributed by atoms with Gasteiger partial charge in [0.05, 0.1) is 25.6 Å². The predicted molar refractivity (Wildman–Crippen MR) is 181 cm³/mol. The summed E-state index contributed by atoms with van der Waals surface area (Å²) < 4.78 is 17.5. The Hall–Kier alpha value is -5.68. The SMILES string of the molecule is COc1cccc(N(c2cccc(OC)c2)c2cc(C)ccc2N(c2ccccc2)c2ccc3oc4ccccc4c3c2)c1. The van der Waals surface area contributed by atoms with Crippen LogP contribution >= 0.6 is 0 Å². The number of aryl methyl sites for hydroxylation is 1. The zero-order valence-corrected chi connectivity index (χ0v) is 24.9. The second kappa shape index (κ2) is 11.5. The van der Waals surface area contributed by atoms with Crippen molar-refractivity contribution >= 4 is 56.1 Å². The van der Waals surface area contributed by atoms with Crippen LogP contribution in [0, 0.1) is 6.92 Å². The fourth-order valence-electron chi connectivity index (χ4n) is 5.79. The summed E-state index contributed by atoms with van der Waals surface area (Å²) in [5.41, 5.74) is 8.90. The van der Waals surface area contributed by atoms with Gasteiger partial charge in [-0.25, -0.2) is 0 Å². The first-order chi connectivity index (χ1) is 21.6. The van der Waals surface area contributed by atoms with Crippen LogP contribution in [0.25, 0.3) is 21.9 Å². The van der Waals surface area contributed by atoms with Crippen LogP contribution in [-0.2, 0) is 0 Å². The lowest BCUT2D eigenvalue weighted by molar-refractivity contribution is 0.414. The minimum Gasteiger partial charge on any atom is -0.497 e. The van der Waals surface area contributed by atoms with E-state index in [0.29, 0.717) is 0 Å². The van der Waals surface area contributed by atoms with Gasteiger partial charge < -0.3 is 23.7 Å². The van der Waals surface area contributed by atoms with Crippen molar-refractivity contribution in [1.29, 1.82) is 0 Å². The molecule has 0 amide bonds. The maximum atomic E-state index is 6.19. The van der Waals surface area contributed by atoms with Crippen molar-refractivity contribution in [1.82, 2.24) is 0 Å². The molecule has 5 nitrogen and oxygen atoms in total. The number of nitrogens with zero attached hydrogens (tertiary/aromatic N) is 2. The first kappa shape index (κ1) is 27.2. The molecule has 0 saturated carbocycles. The molecule has 7 aromatic rings. The zero-order chi connectivity index (χ0) is 30.0. The summed E-state index contributed by atoms with van der Waals surface area (Å²) in [6.07, 6.45) is 0. The number of hydrogen-bond donors (Lipinski definition) is 0. The van der Waals surface area contributed by atoms with E-state index in [1.54, 1.807) is 14.2 Å². The second-order valence-electron chi connectivity index (χ2n) is 10.7. The number of rotatable bonds is 8. The van der Waals surface area contributed by atoms with Crippen molar-refractivity contribution in [2.45, 2.75) is 6.92 Å². The van der Waals surface area contributed by atoms with E-state index in [0.717, 1.165) is 73.1 Å². The fourth-order valence-corrected chi connectivity index (χ4v) is 5.79. The Bertz CT molecular complexity index is 2040. The molecule has 0 N–H and O–H groups in total. The average molecular weight is 577 g/mol. The van der Waals surface area contributed by atoms with Gasteiger partial charge in [-0.2, -0.15) is 0 Å². The van der Waals surface area contributed by atoms with Crippen LogP contribution in [0.3, 0.4) is 0 Å². The van der Waals surface area contributed by atoms with Crippen LogP contribution in [0.15, 0.2) is 144 Å². The van der Waals surface area contributed by atoms with Gasteiger partial charge in [-0.05, 0) is 85.3 Å². The van der Waals surface area contributed by atoms with E-state index >= 15 is 0 Å². The molecule has 5 heteroatoms. The van der Waals surface area contributed by atoms with Gasteiger partial charge in [-0.1, -0.05) is 54.6 Å². The van der Waals surface area contributed by atoms with E-state index in [1.807, 2.05) is 42.5 Å². The van der Waals surface area contributed by atoms with Gasteiger partial charge in [-0.3, -0.25) is 0 Å². The lowest BCUT2D eigenvalue weighted by Crippen LogP contribution is -2.17. The number of anilines is 6. The number of benzene rings is 6. The zero-order valence-electron chi connectivity index (χ0n) is 24.9. The van der Waals surface area contributed by atoms with Crippen molar-refractivity contribution < 1.29 is 13.9 Å². The first-order valence-electron chi connectivity index (χ1n) is 14.6. The molecular formula is C39H32N2O3. The Morgan fingerprint density at radius 2 is 1.05 bits per heavy atom. The largest absolute Gasteiger partial charge is 0.497 e. The van der Waals surface area contributed by atoms with Gasteiger partial charge in [0, 0.05) is 45.7 Å². The third-order valence-corrected chi connectivity index (χ3v) is 7.87. The molecule has 0 atom stereocenters. The molecular weight excluding hydrogens is 544 g/mol. The molecule has 216 valence electrons. The third-order valence-electron chi connectivity index (χ3n) is 7.87. The number of para-hydroxylation sites is 2. The standard InChI is InChI=1S/C39H32N2O3/c1-27-19-21-36(37(23-27)41(29-13-9-15-32(24-29)42-2)30-14-10-16-33(25-30)43-3)40(28-11-5-4-6-12-28)31-20-22-39-35(26-31)34-17-7-8-18-38(34)44-39/h4-26H,1-3H3. The summed E-state index contributed by atoms with van der Waals surface area (Å²) in [4.78, 5) is 4.57. The Morgan fingerprint density at radius 3 is 1.75 bits per heavy atom. The Kier molecular flexibility index (Phi) is 7.13. The van der Waals surface area contributed by atoms with Crippen LogP contribution in [0.1, 0.15) is 5.56 Å². The molecule has 0 unspecified atom stereocenters. The van der Waals surface area contributed by atoms with Crippen molar-refractivity contribution in [2.75, 3.05) is 24.0 Å². The van der Waals surface area contributed by atoms with Crippen LogP contribution in [0.2, 0.25) is 0 Å². The number of methoxy groups -OCH3 is 2. The highest BCUT2D eigenvalue weighted by atomic mass is 16.5. The highest BCUT2D eigenvalue weighted by molar-refractivity contribution is 6.07. The minimum absolute atomic E-state index is 0.779. The monoisotopic (exact) mass is 576 g/mol. The van der Waals surface area contributed by atoms with E-state index in [4.69, 9.17) is 13.9 Å². The topological polar surface area (TPSA) is 38.1 Å². The summed E-state index contributed by atoms with van der Waals surface area (Å²) in [7, 11) is 3.39. The molecule has 0 saturated heterocycles. The Labute approximate surface area is 257 Å². The maximum absolute atomic E-state index is 6.19. The van der Waals surface area contributed by atoms with Gasteiger partial charge >= 0.3 is 0 Å². The molecule has 7 rings (SSSR count). The van der Waals surface area contributed by atoms with E-state index in [-0.39, 0.29) is 0 Å².